The highest BCUT2D eigenvalue weighted by molar-refractivity contribution is 5.81. The first-order valence-corrected chi connectivity index (χ1v) is 7.52. The number of aryl methyl sites for hydroxylation is 1. The number of nitrogens with zero attached hydrogens (tertiary/aromatic N) is 4. The third kappa shape index (κ3) is 3.45. The zero-order valence-electron chi connectivity index (χ0n) is 13.9. The van der Waals surface area contributed by atoms with E-state index in [2.05, 4.69) is 19.9 Å². The molecule has 0 unspecified atom stereocenters. The molecular weight excluding hydrogens is 306 g/mol. The molecule has 0 aliphatic heterocycles. The molecule has 1 aromatic carbocycles. The lowest BCUT2D eigenvalue weighted by Gasteiger charge is -2.12. The van der Waals surface area contributed by atoms with Crippen molar-refractivity contribution in [1.82, 2.24) is 24.8 Å². The van der Waals surface area contributed by atoms with Crippen LogP contribution in [-0.4, -0.2) is 39.6 Å². The van der Waals surface area contributed by atoms with Crippen molar-refractivity contribution < 1.29 is 9.53 Å². The smallest absolute Gasteiger partial charge is 0.317 e. The Labute approximate surface area is 139 Å². The Hall–Kier alpha value is -3.09. The van der Waals surface area contributed by atoms with Crippen molar-refractivity contribution in [3.05, 3.63) is 48.5 Å². The average Bonchev–Trinajstić information content (AvgIpc) is 2.93. The number of nitrogens with one attached hydrogen (secondary N) is 1. The van der Waals surface area contributed by atoms with Gasteiger partial charge in [0, 0.05) is 44.3 Å². The fourth-order valence-electron chi connectivity index (χ4n) is 2.30. The molecule has 0 spiro atoms. The quantitative estimate of drug-likeness (QED) is 0.800. The van der Waals surface area contributed by atoms with Crippen molar-refractivity contribution in [3.8, 4) is 11.6 Å². The van der Waals surface area contributed by atoms with Gasteiger partial charge in [-0.05, 0) is 24.3 Å². The van der Waals surface area contributed by atoms with Crippen molar-refractivity contribution in [3.63, 3.8) is 0 Å². The summed E-state index contributed by atoms with van der Waals surface area (Å²) >= 11 is 0. The van der Waals surface area contributed by atoms with Gasteiger partial charge in [0.05, 0.1) is 12.2 Å². The van der Waals surface area contributed by atoms with E-state index in [4.69, 9.17) is 4.74 Å². The number of amides is 2. The van der Waals surface area contributed by atoms with Crippen LogP contribution in [0, 0.1) is 0 Å². The van der Waals surface area contributed by atoms with Gasteiger partial charge in [-0.15, -0.1) is 0 Å². The molecule has 7 heteroatoms. The van der Waals surface area contributed by atoms with E-state index in [1.165, 1.54) is 11.2 Å². The van der Waals surface area contributed by atoms with Gasteiger partial charge in [-0.3, -0.25) is 0 Å². The Morgan fingerprint density at radius 3 is 2.88 bits per heavy atom. The van der Waals surface area contributed by atoms with Crippen LogP contribution in [0.3, 0.4) is 0 Å². The van der Waals surface area contributed by atoms with Crippen LogP contribution in [0.25, 0.3) is 10.9 Å². The summed E-state index contributed by atoms with van der Waals surface area (Å²) in [6, 6.07) is 9.44. The second-order valence-electron chi connectivity index (χ2n) is 5.65. The van der Waals surface area contributed by atoms with E-state index in [0.29, 0.717) is 23.9 Å². The van der Waals surface area contributed by atoms with Crippen molar-refractivity contribution in [2.24, 2.45) is 7.05 Å². The molecule has 2 heterocycles. The third-order valence-electron chi connectivity index (χ3n) is 3.60. The predicted molar refractivity (Wildman–Crippen MR) is 90.9 cm³/mol. The first-order chi connectivity index (χ1) is 11.5. The summed E-state index contributed by atoms with van der Waals surface area (Å²) in [4.78, 5) is 21.3. The zero-order chi connectivity index (χ0) is 17.1. The summed E-state index contributed by atoms with van der Waals surface area (Å²) in [5.74, 6) is 1.14. The molecule has 3 aromatic rings. The lowest BCUT2D eigenvalue weighted by atomic mass is 10.2. The minimum Gasteiger partial charge on any atom is -0.439 e. The number of hydrogen-bond donors (Lipinski definition) is 1. The molecule has 3 rings (SSSR count). The maximum Gasteiger partial charge on any atom is 0.317 e. The zero-order valence-corrected chi connectivity index (χ0v) is 13.9. The number of ether oxygens (including phenoxy) is 1. The molecule has 2 amide bonds. The standard InChI is InChI=1S/C17H19N5O2/c1-21(2)17(23)18-10-13-9-16(20-11-19-13)24-14-4-5-15-12(8-14)6-7-22(15)3/h4-9,11H,10H2,1-3H3,(H,18,23). The molecule has 0 radical (unpaired) electrons. The van der Waals surface area contributed by atoms with Gasteiger partial charge >= 0.3 is 6.03 Å². The predicted octanol–water partition coefficient (Wildman–Crippen LogP) is 2.53. The van der Waals surface area contributed by atoms with Gasteiger partial charge in [-0.1, -0.05) is 0 Å². The number of aromatic nitrogens is 3. The highest BCUT2D eigenvalue weighted by Crippen LogP contribution is 2.25. The maximum absolute atomic E-state index is 11.6. The maximum atomic E-state index is 11.6. The molecule has 0 fully saturated rings. The summed E-state index contributed by atoms with van der Waals surface area (Å²) in [6.45, 7) is 0.313. The Bertz CT molecular complexity index is 872. The molecule has 0 bridgehead atoms. The Morgan fingerprint density at radius 1 is 1.25 bits per heavy atom. The highest BCUT2D eigenvalue weighted by Gasteiger charge is 2.06. The largest absolute Gasteiger partial charge is 0.439 e. The molecular formula is C17H19N5O2. The molecule has 0 aliphatic carbocycles. The van der Waals surface area contributed by atoms with Crippen molar-refractivity contribution >= 4 is 16.9 Å². The number of hydrogen-bond acceptors (Lipinski definition) is 4. The number of rotatable bonds is 4. The molecule has 0 saturated heterocycles. The van der Waals surface area contributed by atoms with E-state index >= 15 is 0 Å². The number of carbonyl (C=O) groups excluding carboxylic acids is 1. The molecule has 1 N–H and O–H groups in total. The first kappa shape index (κ1) is 15.8. The molecule has 0 saturated carbocycles. The number of fused-ring (bicyclic) bond motifs is 1. The summed E-state index contributed by atoms with van der Waals surface area (Å²) in [6.07, 6.45) is 3.43. The normalized spacial score (nSPS) is 10.6. The van der Waals surface area contributed by atoms with Crippen molar-refractivity contribution in [2.75, 3.05) is 14.1 Å². The molecule has 24 heavy (non-hydrogen) atoms. The summed E-state index contributed by atoms with van der Waals surface area (Å²) in [5.41, 5.74) is 1.81. The topological polar surface area (TPSA) is 72.3 Å². The second kappa shape index (κ2) is 6.57. The van der Waals surface area contributed by atoms with Gasteiger partial charge in [-0.25, -0.2) is 14.8 Å². The first-order valence-electron chi connectivity index (χ1n) is 7.52. The van der Waals surface area contributed by atoms with E-state index < -0.39 is 0 Å². The van der Waals surface area contributed by atoms with E-state index in [9.17, 15) is 4.79 Å². The van der Waals surface area contributed by atoms with Crippen LogP contribution in [0.2, 0.25) is 0 Å². The van der Waals surface area contributed by atoms with Crippen molar-refractivity contribution in [2.45, 2.75) is 6.54 Å². The van der Waals surface area contributed by atoms with Crippen LogP contribution in [0.5, 0.6) is 11.6 Å². The van der Waals surface area contributed by atoms with Crippen LogP contribution in [0.1, 0.15) is 5.69 Å². The second-order valence-corrected chi connectivity index (χ2v) is 5.65. The van der Waals surface area contributed by atoms with Gasteiger partial charge in [0.15, 0.2) is 0 Å². The Kier molecular flexibility index (Phi) is 4.33. The van der Waals surface area contributed by atoms with Crippen LogP contribution < -0.4 is 10.1 Å². The number of urea groups is 1. The Balaban J connectivity index is 1.72. The lowest BCUT2D eigenvalue weighted by molar-refractivity contribution is 0.217. The minimum atomic E-state index is -0.175. The number of carbonyl (C=O) groups is 1. The van der Waals surface area contributed by atoms with E-state index in [-0.39, 0.29) is 6.03 Å². The fourth-order valence-corrected chi connectivity index (χ4v) is 2.30. The van der Waals surface area contributed by atoms with E-state index in [1.807, 2.05) is 37.5 Å². The Morgan fingerprint density at radius 2 is 2.08 bits per heavy atom. The van der Waals surface area contributed by atoms with Crippen LogP contribution in [-0.2, 0) is 13.6 Å². The fraction of sp³-hybridized carbons (Fsp3) is 0.235. The summed E-state index contributed by atoms with van der Waals surface area (Å²) in [7, 11) is 5.37. The molecule has 7 nitrogen and oxygen atoms in total. The highest BCUT2D eigenvalue weighted by atomic mass is 16.5. The van der Waals surface area contributed by atoms with Crippen LogP contribution in [0.4, 0.5) is 4.79 Å². The molecule has 2 aromatic heterocycles. The van der Waals surface area contributed by atoms with E-state index in [0.717, 1.165) is 10.9 Å². The minimum absolute atomic E-state index is 0.175. The van der Waals surface area contributed by atoms with Gasteiger partial charge in [0.2, 0.25) is 5.88 Å². The molecule has 0 aliphatic rings. The molecule has 124 valence electrons. The number of benzene rings is 1. The molecule has 0 atom stereocenters. The van der Waals surface area contributed by atoms with Gasteiger partial charge in [-0.2, -0.15) is 0 Å². The van der Waals surface area contributed by atoms with Gasteiger partial charge in [0.1, 0.15) is 12.1 Å². The van der Waals surface area contributed by atoms with Gasteiger partial charge < -0.3 is 19.5 Å². The van der Waals surface area contributed by atoms with Crippen LogP contribution in [0.15, 0.2) is 42.9 Å². The summed E-state index contributed by atoms with van der Waals surface area (Å²) < 4.78 is 7.86. The third-order valence-corrected chi connectivity index (χ3v) is 3.60. The van der Waals surface area contributed by atoms with Gasteiger partial charge in [0.25, 0.3) is 0 Å². The van der Waals surface area contributed by atoms with E-state index in [1.54, 1.807) is 20.2 Å². The monoisotopic (exact) mass is 325 g/mol. The average molecular weight is 325 g/mol. The SMILES string of the molecule is CN(C)C(=O)NCc1cc(Oc2ccc3c(ccn3C)c2)ncn1. The van der Waals surface area contributed by atoms with Crippen LogP contribution >= 0.6 is 0 Å². The van der Waals surface area contributed by atoms with Crippen molar-refractivity contribution in [1.29, 1.82) is 0 Å². The summed E-state index contributed by atoms with van der Waals surface area (Å²) in [5, 5.41) is 3.85. The lowest BCUT2D eigenvalue weighted by Crippen LogP contribution is -2.34.